The van der Waals surface area contributed by atoms with Crippen LogP contribution in [0.3, 0.4) is 0 Å². The van der Waals surface area contributed by atoms with Gasteiger partial charge in [0.2, 0.25) is 5.91 Å². The molecule has 0 bridgehead atoms. The van der Waals surface area contributed by atoms with Crippen molar-refractivity contribution in [2.45, 2.75) is 13.3 Å². The number of carbonyl (C=O) groups excluding carboxylic acids is 2. The predicted octanol–water partition coefficient (Wildman–Crippen LogP) is 2.79. The van der Waals surface area contributed by atoms with Gasteiger partial charge in [0.05, 0.1) is 7.11 Å². The molecule has 3 rings (SSSR count). The van der Waals surface area contributed by atoms with Gasteiger partial charge in [0.25, 0.3) is 5.91 Å². The molecule has 1 aliphatic heterocycles. The summed E-state index contributed by atoms with van der Waals surface area (Å²) in [6, 6.07) is 14.9. The van der Waals surface area contributed by atoms with Crippen LogP contribution < -0.4 is 15.0 Å². The summed E-state index contributed by atoms with van der Waals surface area (Å²) in [6.07, 6.45) is 0.455. The van der Waals surface area contributed by atoms with Gasteiger partial charge in [0, 0.05) is 36.7 Å². The summed E-state index contributed by atoms with van der Waals surface area (Å²) < 4.78 is 5.09. The monoisotopic (exact) mass is 338 g/mol. The Morgan fingerprint density at radius 3 is 2.48 bits per heavy atom. The molecular weight excluding hydrogens is 316 g/mol. The molecule has 0 radical (unpaired) electrons. The zero-order valence-electron chi connectivity index (χ0n) is 14.5. The van der Waals surface area contributed by atoms with Crippen LogP contribution in [0, 0.1) is 12.8 Å². The first-order valence-corrected chi connectivity index (χ1v) is 8.36. The smallest absolute Gasteiger partial charge is 0.251 e. The highest BCUT2D eigenvalue weighted by Crippen LogP contribution is 2.25. The van der Waals surface area contributed by atoms with Crippen LogP contribution in [-0.4, -0.2) is 32.0 Å². The highest BCUT2D eigenvalue weighted by Gasteiger charge is 2.30. The van der Waals surface area contributed by atoms with Crippen LogP contribution >= 0.6 is 0 Å². The third-order valence-corrected chi connectivity index (χ3v) is 4.45. The maximum atomic E-state index is 12.3. The molecule has 5 heteroatoms. The van der Waals surface area contributed by atoms with E-state index < -0.39 is 0 Å². The van der Waals surface area contributed by atoms with E-state index in [4.69, 9.17) is 4.74 Å². The molecule has 1 heterocycles. The summed E-state index contributed by atoms with van der Waals surface area (Å²) in [5, 5.41) is 2.92. The van der Waals surface area contributed by atoms with Crippen molar-refractivity contribution in [3.05, 3.63) is 59.7 Å². The van der Waals surface area contributed by atoms with Crippen LogP contribution in [0.15, 0.2) is 48.5 Å². The summed E-state index contributed by atoms with van der Waals surface area (Å²) in [6.45, 7) is 3.14. The maximum absolute atomic E-state index is 12.3. The molecule has 2 amide bonds. The molecule has 0 aliphatic carbocycles. The van der Waals surface area contributed by atoms with E-state index in [0.29, 0.717) is 30.8 Å². The highest BCUT2D eigenvalue weighted by atomic mass is 16.5. The lowest BCUT2D eigenvalue weighted by atomic mass is 10.1. The lowest BCUT2D eigenvalue weighted by molar-refractivity contribution is -0.117. The van der Waals surface area contributed by atoms with Gasteiger partial charge in [0.1, 0.15) is 5.75 Å². The van der Waals surface area contributed by atoms with Gasteiger partial charge in [0.15, 0.2) is 0 Å². The largest absolute Gasteiger partial charge is 0.497 e. The van der Waals surface area contributed by atoms with Gasteiger partial charge < -0.3 is 15.0 Å². The molecule has 0 saturated carbocycles. The minimum absolute atomic E-state index is 0.104. The molecule has 130 valence electrons. The van der Waals surface area contributed by atoms with Crippen molar-refractivity contribution in [1.29, 1.82) is 0 Å². The van der Waals surface area contributed by atoms with Crippen molar-refractivity contribution in [2.24, 2.45) is 5.92 Å². The molecule has 2 aromatic rings. The van der Waals surface area contributed by atoms with E-state index in [9.17, 15) is 9.59 Å². The second-order valence-electron chi connectivity index (χ2n) is 6.35. The molecule has 1 N–H and O–H groups in total. The first-order chi connectivity index (χ1) is 12.1. The minimum Gasteiger partial charge on any atom is -0.497 e. The van der Waals surface area contributed by atoms with Gasteiger partial charge >= 0.3 is 0 Å². The zero-order chi connectivity index (χ0) is 17.8. The van der Waals surface area contributed by atoms with Crippen molar-refractivity contribution in [3.8, 4) is 5.75 Å². The van der Waals surface area contributed by atoms with Gasteiger partial charge in [-0.05, 0) is 43.3 Å². The molecule has 1 atom stereocenters. The van der Waals surface area contributed by atoms with E-state index in [1.54, 1.807) is 36.3 Å². The summed E-state index contributed by atoms with van der Waals surface area (Å²) in [7, 11) is 1.59. The lowest BCUT2D eigenvalue weighted by Crippen LogP contribution is -2.31. The van der Waals surface area contributed by atoms with Crippen LogP contribution in [-0.2, 0) is 4.79 Å². The summed E-state index contributed by atoms with van der Waals surface area (Å²) in [4.78, 5) is 26.3. The molecule has 25 heavy (non-hydrogen) atoms. The molecule has 1 fully saturated rings. The third kappa shape index (κ3) is 3.99. The number of benzene rings is 2. The zero-order valence-corrected chi connectivity index (χ0v) is 14.5. The van der Waals surface area contributed by atoms with Crippen molar-refractivity contribution in [2.75, 3.05) is 25.1 Å². The Kier molecular flexibility index (Phi) is 5.03. The van der Waals surface area contributed by atoms with E-state index >= 15 is 0 Å². The number of methoxy groups -OCH3 is 1. The second-order valence-corrected chi connectivity index (χ2v) is 6.35. The Hall–Kier alpha value is -2.82. The Morgan fingerprint density at radius 1 is 1.16 bits per heavy atom. The van der Waals surface area contributed by atoms with Crippen molar-refractivity contribution in [3.63, 3.8) is 0 Å². The number of amides is 2. The summed E-state index contributed by atoms with van der Waals surface area (Å²) in [5.41, 5.74) is 2.67. The first kappa shape index (κ1) is 17.0. The number of anilines is 1. The van der Waals surface area contributed by atoms with Gasteiger partial charge in [-0.15, -0.1) is 0 Å². The number of ether oxygens (including phenoxy) is 1. The van der Waals surface area contributed by atoms with E-state index in [2.05, 4.69) is 5.32 Å². The fourth-order valence-electron chi connectivity index (χ4n) is 2.97. The Balaban J connectivity index is 1.56. The fourth-order valence-corrected chi connectivity index (χ4v) is 2.97. The van der Waals surface area contributed by atoms with Crippen LogP contribution in [0.4, 0.5) is 5.69 Å². The summed E-state index contributed by atoms with van der Waals surface area (Å²) in [5.74, 6) is 0.805. The number of aryl methyl sites for hydroxylation is 1. The molecule has 0 spiro atoms. The predicted molar refractivity (Wildman–Crippen MR) is 97.0 cm³/mol. The maximum Gasteiger partial charge on any atom is 0.251 e. The molecule has 5 nitrogen and oxygen atoms in total. The van der Waals surface area contributed by atoms with Gasteiger partial charge in [-0.3, -0.25) is 9.59 Å². The van der Waals surface area contributed by atoms with Crippen molar-refractivity contribution >= 4 is 17.5 Å². The molecule has 2 aromatic carbocycles. The van der Waals surface area contributed by atoms with Gasteiger partial charge in [-0.25, -0.2) is 0 Å². The number of carbonyl (C=O) groups is 2. The average molecular weight is 338 g/mol. The second kappa shape index (κ2) is 7.38. The Morgan fingerprint density at radius 2 is 1.84 bits per heavy atom. The van der Waals surface area contributed by atoms with Crippen LogP contribution in [0.2, 0.25) is 0 Å². The first-order valence-electron chi connectivity index (χ1n) is 8.36. The molecular formula is C20H22N2O3. The van der Waals surface area contributed by atoms with Crippen molar-refractivity contribution < 1.29 is 14.3 Å². The lowest BCUT2D eigenvalue weighted by Gasteiger charge is -2.17. The topological polar surface area (TPSA) is 58.6 Å². The number of rotatable bonds is 5. The van der Waals surface area contributed by atoms with Crippen LogP contribution in [0.1, 0.15) is 22.3 Å². The summed E-state index contributed by atoms with van der Waals surface area (Å²) >= 11 is 0. The highest BCUT2D eigenvalue weighted by molar-refractivity contribution is 5.96. The van der Waals surface area contributed by atoms with Gasteiger partial charge in [-0.2, -0.15) is 0 Å². The third-order valence-electron chi connectivity index (χ3n) is 4.45. The molecule has 1 aliphatic rings. The van der Waals surface area contributed by atoms with Crippen LogP contribution in [0.5, 0.6) is 5.75 Å². The van der Waals surface area contributed by atoms with Crippen LogP contribution in [0.25, 0.3) is 0 Å². The Labute approximate surface area is 147 Å². The SMILES string of the molecule is COc1ccc(C(=O)NC[C@@H]2CC(=O)N(c3ccc(C)cc3)C2)cc1. The Bertz CT molecular complexity index is 754. The molecule has 0 aromatic heterocycles. The average Bonchev–Trinajstić information content (AvgIpc) is 3.01. The fraction of sp³-hybridized carbons (Fsp3) is 0.300. The van der Waals surface area contributed by atoms with E-state index in [1.165, 1.54) is 5.56 Å². The van der Waals surface area contributed by atoms with E-state index in [0.717, 1.165) is 5.69 Å². The van der Waals surface area contributed by atoms with Gasteiger partial charge in [-0.1, -0.05) is 17.7 Å². The molecule has 0 unspecified atom stereocenters. The number of hydrogen-bond acceptors (Lipinski definition) is 3. The standard InChI is InChI=1S/C20H22N2O3/c1-14-3-7-17(8-4-14)22-13-15(11-19(22)23)12-21-20(24)16-5-9-18(25-2)10-6-16/h3-10,15H,11-13H2,1-2H3,(H,21,24)/t15-/m0/s1. The van der Waals surface area contributed by atoms with Crippen molar-refractivity contribution in [1.82, 2.24) is 5.32 Å². The number of nitrogens with one attached hydrogen (secondary N) is 1. The normalized spacial score (nSPS) is 16.8. The quantitative estimate of drug-likeness (QED) is 0.912. The van der Waals surface area contributed by atoms with E-state index in [-0.39, 0.29) is 17.7 Å². The number of hydrogen-bond donors (Lipinski definition) is 1. The minimum atomic E-state index is -0.135. The number of nitrogens with zero attached hydrogens (tertiary/aromatic N) is 1. The van der Waals surface area contributed by atoms with E-state index in [1.807, 2.05) is 31.2 Å². The molecule has 1 saturated heterocycles.